The zero-order chi connectivity index (χ0) is 16.9. The smallest absolute Gasteiger partial charge is 0.225 e. The first-order chi connectivity index (χ1) is 11.6. The number of aryl methyl sites for hydroxylation is 1. The van der Waals surface area contributed by atoms with Gasteiger partial charge in [0.05, 0.1) is 5.92 Å². The summed E-state index contributed by atoms with van der Waals surface area (Å²) in [5, 5.41) is 3.11. The third kappa shape index (κ3) is 4.16. The predicted molar refractivity (Wildman–Crippen MR) is 94.4 cm³/mol. The summed E-state index contributed by atoms with van der Waals surface area (Å²) in [5.74, 6) is 0.0423. The Balaban J connectivity index is 1.45. The minimum atomic E-state index is -0.169. The quantitative estimate of drug-likeness (QED) is 0.873. The highest BCUT2D eigenvalue weighted by molar-refractivity contribution is 5.89. The molecule has 2 aliphatic rings. The molecule has 1 saturated carbocycles. The Morgan fingerprint density at radius 1 is 1.25 bits per heavy atom. The second-order valence-corrected chi connectivity index (χ2v) is 7.32. The lowest BCUT2D eigenvalue weighted by Gasteiger charge is -2.24. The van der Waals surface area contributed by atoms with Gasteiger partial charge < -0.3 is 10.2 Å². The van der Waals surface area contributed by atoms with Gasteiger partial charge >= 0.3 is 0 Å². The lowest BCUT2D eigenvalue weighted by atomic mass is 10.0. The molecule has 130 valence electrons. The normalized spacial score (nSPS) is 22.8. The minimum absolute atomic E-state index is 0.0457. The highest BCUT2D eigenvalue weighted by Gasteiger charge is 2.38. The highest BCUT2D eigenvalue weighted by atomic mass is 16.2. The topological polar surface area (TPSA) is 49.4 Å². The number of likely N-dealkylation sites (tertiary alicyclic amines) is 1. The molecule has 0 radical (unpaired) electrons. The van der Waals surface area contributed by atoms with Crippen LogP contribution < -0.4 is 5.32 Å². The van der Waals surface area contributed by atoms with Crippen LogP contribution in [0.25, 0.3) is 0 Å². The molecule has 1 aliphatic heterocycles. The fourth-order valence-corrected chi connectivity index (χ4v) is 3.94. The molecule has 0 unspecified atom stereocenters. The number of carbonyl (C=O) groups excluding carboxylic acids is 2. The molecule has 2 fully saturated rings. The molecule has 1 heterocycles. The van der Waals surface area contributed by atoms with Crippen LogP contribution in [0, 0.1) is 5.92 Å². The molecule has 0 bridgehead atoms. The average molecular weight is 328 g/mol. The number of benzene rings is 1. The first-order valence-corrected chi connectivity index (χ1v) is 9.27. The van der Waals surface area contributed by atoms with Crippen molar-refractivity contribution in [1.82, 2.24) is 10.2 Å². The Morgan fingerprint density at radius 2 is 1.96 bits per heavy atom. The minimum Gasteiger partial charge on any atom is -0.353 e. The summed E-state index contributed by atoms with van der Waals surface area (Å²) in [6.45, 7) is 2.66. The van der Waals surface area contributed by atoms with E-state index in [4.69, 9.17) is 0 Å². The predicted octanol–water partition coefficient (Wildman–Crippen LogP) is 2.92. The van der Waals surface area contributed by atoms with Gasteiger partial charge in [0.2, 0.25) is 11.8 Å². The van der Waals surface area contributed by atoms with Crippen LogP contribution >= 0.6 is 0 Å². The molecule has 1 aliphatic carbocycles. The summed E-state index contributed by atoms with van der Waals surface area (Å²) in [7, 11) is 0. The Bertz CT molecular complexity index is 566. The molecule has 1 aromatic rings. The van der Waals surface area contributed by atoms with Crippen molar-refractivity contribution < 1.29 is 9.59 Å². The van der Waals surface area contributed by atoms with Crippen LogP contribution in [0.3, 0.4) is 0 Å². The van der Waals surface area contributed by atoms with Gasteiger partial charge in [-0.1, -0.05) is 43.2 Å². The number of nitrogens with one attached hydrogen (secondary N) is 1. The number of carbonyl (C=O) groups is 2. The van der Waals surface area contributed by atoms with E-state index in [1.807, 2.05) is 30.0 Å². The standard InChI is InChI=1S/C20H28N2O2/c1-15(11-12-16-7-3-2-4-8-16)21-20(24)17-13-19(23)22(14-17)18-9-5-6-10-18/h2-4,7-8,15,17-18H,5-6,9-14H2,1H3,(H,21,24)/t15-,17-/m0/s1. The van der Waals surface area contributed by atoms with Crippen LogP contribution in [-0.2, 0) is 16.0 Å². The number of hydrogen-bond donors (Lipinski definition) is 1. The maximum atomic E-state index is 12.5. The van der Waals surface area contributed by atoms with E-state index in [2.05, 4.69) is 17.4 Å². The number of hydrogen-bond acceptors (Lipinski definition) is 2. The van der Waals surface area contributed by atoms with Crippen molar-refractivity contribution in [2.24, 2.45) is 5.92 Å². The molecule has 1 aromatic carbocycles. The van der Waals surface area contributed by atoms with Crippen molar-refractivity contribution in [2.45, 2.75) is 64.0 Å². The summed E-state index contributed by atoms with van der Waals surface area (Å²) in [6.07, 6.45) is 6.89. The number of rotatable bonds is 6. The van der Waals surface area contributed by atoms with Crippen LogP contribution in [0.5, 0.6) is 0 Å². The summed E-state index contributed by atoms with van der Waals surface area (Å²) < 4.78 is 0. The van der Waals surface area contributed by atoms with Crippen LogP contribution in [0.15, 0.2) is 30.3 Å². The Hall–Kier alpha value is -1.84. The lowest BCUT2D eigenvalue weighted by molar-refractivity contribution is -0.130. The molecule has 0 aromatic heterocycles. The second-order valence-electron chi connectivity index (χ2n) is 7.32. The van der Waals surface area contributed by atoms with Crippen molar-refractivity contribution in [1.29, 1.82) is 0 Å². The van der Waals surface area contributed by atoms with Gasteiger partial charge in [0.15, 0.2) is 0 Å². The molecular formula is C20H28N2O2. The molecule has 0 spiro atoms. The molecule has 24 heavy (non-hydrogen) atoms. The van der Waals surface area contributed by atoms with Crippen LogP contribution in [0.1, 0.15) is 51.0 Å². The van der Waals surface area contributed by atoms with E-state index < -0.39 is 0 Å². The molecule has 1 saturated heterocycles. The highest BCUT2D eigenvalue weighted by Crippen LogP contribution is 2.29. The van der Waals surface area contributed by atoms with E-state index in [0.29, 0.717) is 19.0 Å². The number of amides is 2. The van der Waals surface area contributed by atoms with E-state index in [1.54, 1.807) is 0 Å². The summed E-state index contributed by atoms with van der Waals surface area (Å²) >= 11 is 0. The van der Waals surface area contributed by atoms with Crippen LogP contribution in [-0.4, -0.2) is 35.3 Å². The molecular weight excluding hydrogens is 300 g/mol. The van der Waals surface area contributed by atoms with Crippen LogP contribution in [0.4, 0.5) is 0 Å². The van der Waals surface area contributed by atoms with E-state index in [9.17, 15) is 9.59 Å². The first kappa shape index (κ1) is 17.0. The van der Waals surface area contributed by atoms with Gasteiger partial charge in [-0.15, -0.1) is 0 Å². The van der Waals surface area contributed by atoms with E-state index in [1.165, 1.54) is 18.4 Å². The SMILES string of the molecule is C[C@@H](CCc1ccccc1)NC(=O)[C@H]1CC(=O)N(C2CCCC2)C1. The van der Waals surface area contributed by atoms with Gasteiger partial charge in [0.1, 0.15) is 0 Å². The Kier molecular flexibility index (Phi) is 5.54. The molecule has 3 rings (SSSR count). The maximum Gasteiger partial charge on any atom is 0.225 e. The Morgan fingerprint density at radius 3 is 2.67 bits per heavy atom. The molecule has 2 amide bonds. The van der Waals surface area contributed by atoms with E-state index in [-0.39, 0.29) is 23.8 Å². The fourth-order valence-electron chi connectivity index (χ4n) is 3.94. The van der Waals surface area contributed by atoms with E-state index >= 15 is 0 Å². The monoisotopic (exact) mass is 328 g/mol. The van der Waals surface area contributed by atoms with Gasteiger partial charge in [-0.3, -0.25) is 9.59 Å². The summed E-state index contributed by atoms with van der Waals surface area (Å²) in [6, 6.07) is 10.8. The van der Waals surface area contributed by atoms with Crippen molar-refractivity contribution >= 4 is 11.8 Å². The molecule has 4 heteroatoms. The average Bonchev–Trinajstić information content (AvgIpc) is 3.23. The van der Waals surface area contributed by atoms with Gasteiger partial charge in [-0.25, -0.2) is 0 Å². The zero-order valence-corrected chi connectivity index (χ0v) is 14.5. The van der Waals surface area contributed by atoms with Gasteiger partial charge in [-0.2, -0.15) is 0 Å². The lowest BCUT2D eigenvalue weighted by Crippen LogP contribution is -2.40. The van der Waals surface area contributed by atoms with E-state index in [0.717, 1.165) is 25.7 Å². The van der Waals surface area contributed by atoms with Crippen molar-refractivity contribution in [2.75, 3.05) is 6.54 Å². The second kappa shape index (κ2) is 7.82. The summed E-state index contributed by atoms with van der Waals surface area (Å²) in [4.78, 5) is 26.7. The molecule has 1 N–H and O–H groups in total. The maximum absolute atomic E-state index is 12.5. The largest absolute Gasteiger partial charge is 0.353 e. The Labute approximate surface area is 144 Å². The third-order valence-electron chi connectivity index (χ3n) is 5.39. The molecule has 2 atom stereocenters. The zero-order valence-electron chi connectivity index (χ0n) is 14.5. The number of nitrogens with zero attached hydrogens (tertiary/aromatic N) is 1. The third-order valence-corrected chi connectivity index (χ3v) is 5.39. The van der Waals surface area contributed by atoms with Gasteiger partial charge in [0.25, 0.3) is 0 Å². The van der Waals surface area contributed by atoms with Crippen molar-refractivity contribution in [3.8, 4) is 0 Å². The van der Waals surface area contributed by atoms with Crippen LogP contribution in [0.2, 0.25) is 0 Å². The van der Waals surface area contributed by atoms with Gasteiger partial charge in [-0.05, 0) is 38.2 Å². The first-order valence-electron chi connectivity index (χ1n) is 9.27. The molecule has 4 nitrogen and oxygen atoms in total. The van der Waals surface area contributed by atoms with Gasteiger partial charge in [0, 0.05) is 25.0 Å². The fraction of sp³-hybridized carbons (Fsp3) is 0.600. The summed E-state index contributed by atoms with van der Waals surface area (Å²) in [5.41, 5.74) is 1.29. The van der Waals surface area contributed by atoms with Crippen molar-refractivity contribution in [3.05, 3.63) is 35.9 Å². The van der Waals surface area contributed by atoms with Crippen molar-refractivity contribution in [3.63, 3.8) is 0 Å².